The molecule has 0 spiro atoms. The van der Waals surface area contributed by atoms with Crippen LogP contribution in [0.4, 0.5) is 75.9 Å². The molecular weight excluding hydrogens is 641 g/mol. The van der Waals surface area contributed by atoms with Gasteiger partial charge in [0.25, 0.3) is 0 Å². The van der Waals surface area contributed by atoms with Crippen LogP contribution in [0, 0.1) is 0 Å². The summed E-state index contributed by atoms with van der Waals surface area (Å²) in [6, 6.07) is 1.06. The highest BCUT2D eigenvalue weighted by atomic mass is 35.5. The van der Waals surface area contributed by atoms with Crippen molar-refractivity contribution in [1.82, 2.24) is 0 Å². The van der Waals surface area contributed by atoms with E-state index in [-0.39, 0.29) is 0 Å². The zero-order valence-electron chi connectivity index (χ0n) is 18.2. The molecule has 0 aromatic heterocycles. The Bertz CT molecular complexity index is 1090. The molecule has 226 valence electrons. The molecule has 0 aliphatic carbocycles. The second-order valence-electron chi connectivity index (χ2n) is 7.16. The Kier molecular flexibility index (Phi) is 8.90. The Morgan fingerprint density at radius 2 is 1.00 bits per heavy atom. The van der Waals surface area contributed by atoms with Crippen molar-refractivity contribution >= 4 is 34.8 Å². The van der Waals surface area contributed by atoms with Gasteiger partial charge in [-0.25, -0.2) is 0 Å². The van der Waals surface area contributed by atoms with Gasteiger partial charge in [0.15, 0.2) is 0 Å². The molecule has 39 heavy (non-hydrogen) atoms. The van der Waals surface area contributed by atoms with Gasteiger partial charge in [-0.05, 0) is 11.6 Å². The first-order chi connectivity index (χ1) is 17.0. The molecule has 0 unspecified atom stereocenters. The Morgan fingerprint density at radius 1 is 0.641 bits per heavy atom. The van der Waals surface area contributed by atoms with E-state index in [0.717, 1.165) is 19.5 Å². The van der Waals surface area contributed by atoms with E-state index in [1.54, 1.807) is 0 Å². The largest absolute Gasteiger partial charge is 0.495 e. The summed E-state index contributed by atoms with van der Waals surface area (Å²) in [6.45, 7) is 0. The number of amides is 1. The number of nitrogens with one attached hydrogen (secondary N) is 1. The molecule has 0 aliphatic rings. The summed E-state index contributed by atoms with van der Waals surface area (Å²) >= 11 is 9.06. The SMILES string of the molecule is COc1cc(NC(=O)C(F)(F)C(F)(F)C(F)(F)C(F)(F)C(F)(F)C(F)(F)C(F)(F)C(F)(F)Cl)c(OC)cc1Cl. The summed E-state index contributed by atoms with van der Waals surface area (Å²) in [7, 11) is 1.60. The minimum Gasteiger partial charge on any atom is -0.495 e. The van der Waals surface area contributed by atoms with Crippen LogP contribution in [0.15, 0.2) is 12.1 Å². The van der Waals surface area contributed by atoms with Gasteiger partial charge in [-0.1, -0.05) is 11.6 Å². The lowest BCUT2D eigenvalue weighted by molar-refractivity contribution is -0.445. The van der Waals surface area contributed by atoms with Crippen molar-refractivity contribution in [3.63, 3.8) is 0 Å². The lowest BCUT2D eigenvalue weighted by Gasteiger charge is -2.42. The fraction of sp³-hybridized carbons (Fsp3) is 0.588. The Labute approximate surface area is 215 Å². The van der Waals surface area contributed by atoms with Gasteiger partial charge >= 0.3 is 52.7 Å². The van der Waals surface area contributed by atoms with Crippen LogP contribution in [0.3, 0.4) is 0 Å². The van der Waals surface area contributed by atoms with Crippen LogP contribution in [0.25, 0.3) is 0 Å². The molecule has 0 bridgehead atoms. The monoisotopic (exact) mass is 649 g/mol. The van der Waals surface area contributed by atoms with E-state index < -0.39 is 75.0 Å². The fourth-order valence-electron chi connectivity index (χ4n) is 2.47. The predicted octanol–water partition coefficient (Wildman–Crippen LogP) is 7.57. The first-order valence-corrected chi connectivity index (χ1v) is 9.74. The van der Waals surface area contributed by atoms with Crippen LogP contribution in [0.2, 0.25) is 5.02 Å². The third-order valence-corrected chi connectivity index (χ3v) is 5.26. The number of carbonyl (C=O) groups excluding carboxylic acids is 1. The molecule has 0 fully saturated rings. The first kappa shape index (κ1) is 34.8. The summed E-state index contributed by atoms with van der Waals surface area (Å²) in [4.78, 5) is 11.7. The average Bonchev–Trinajstić information content (AvgIpc) is 2.77. The van der Waals surface area contributed by atoms with Gasteiger partial charge in [0.05, 0.1) is 24.9 Å². The summed E-state index contributed by atoms with van der Waals surface area (Å²) < 4.78 is 226. The maximum atomic E-state index is 14.1. The number of rotatable bonds is 11. The molecule has 0 saturated heterocycles. The number of methoxy groups -OCH3 is 2. The molecule has 22 heteroatoms. The van der Waals surface area contributed by atoms with Crippen LogP contribution < -0.4 is 14.8 Å². The summed E-state index contributed by atoms with van der Waals surface area (Å²) in [6.07, 6.45) is 0. The molecule has 0 radical (unpaired) electrons. The molecule has 0 atom stereocenters. The molecule has 0 saturated carbocycles. The van der Waals surface area contributed by atoms with Crippen molar-refractivity contribution < 1.29 is 84.5 Å². The van der Waals surface area contributed by atoms with Crippen LogP contribution in [0.5, 0.6) is 11.5 Å². The quantitative estimate of drug-likeness (QED) is 0.199. The minimum atomic E-state index is -8.69. The second kappa shape index (κ2) is 9.99. The second-order valence-corrected chi connectivity index (χ2v) is 8.04. The predicted molar refractivity (Wildman–Crippen MR) is 98.6 cm³/mol. The van der Waals surface area contributed by atoms with E-state index in [2.05, 4.69) is 21.1 Å². The minimum absolute atomic E-state index is 0.405. The normalized spacial score (nSPS) is 14.8. The van der Waals surface area contributed by atoms with Crippen molar-refractivity contribution in [3.8, 4) is 11.5 Å². The maximum Gasteiger partial charge on any atom is 0.393 e. The van der Waals surface area contributed by atoms with Gasteiger partial charge in [0.1, 0.15) is 11.5 Å². The Hall–Kier alpha value is -2.25. The van der Waals surface area contributed by atoms with Gasteiger partial charge in [-0.15, -0.1) is 0 Å². The van der Waals surface area contributed by atoms with Crippen LogP contribution >= 0.6 is 23.2 Å². The van der Waals surface area contributed by atoms with Crippen molar-refractivity contribution in [2.24, 2.45) is 0 Å². The van der Waals surface area contributed by atoms with E-state index in [0.29, 0.717) is 12.1 Å². The average molecular weight is 650 g/mol. The third-order valence-electron chi connectivity index (χ3n) is 4.73. The lowest BCUT2D eigenvalue weighted by Crippen LogP contribution is -2.75. The van der Waals surface area contributed by atoms with Gasteiger partial charge < -0.3 is 14.8 Å². The number of benzene rings is 1. The zero-order chi connectivity index (χ0) is 31.4. The molecule has 1 amide bonds. The van der Waals surface area contributed by atoms with Crippen molar-refractivity contribution in [3.05, 3.63) is 17.2 Å². The van der Waals surface area contributed by atoms with Gasteiger partial charge in [-0.2, -0.15) is 70.2 Å². The van der Waals surface area contributed by atoms with Crippen LogP contribution in [-0.4, -0.2) is 67.0 Å². The van der Waals surface area contributed by atoms with Crippen molar-refractivity contribution in [2.75, 3.05) is 19.5 Å². The van der Waals surface area contributed by atoms with Gasteiger partial charge in [0, 0.05) is 12.1 Å². The molecule has 0 heterocycles. The molecule has 1 N–H and O–H groups in total. The van der Waals surface area contributed by atoms with Crippen LogP contribution in [-0.2, 0) is 4.79 Å². The number of ether oxygens (including phenoxy) is 2. The van der Waals surface area contributed by atoms with E-state index in [1.807, 2.05) is 0 Å². The molecular formula is C17H9Cl2F16NO3. The van der Waals surface area contributed by atoms with Crippen molar-refractivity contribution in [1.29, 1.82) is 0 Å². The Morgan fingerprint density at radius 3 is 1.36 bits per heavy atom. The topological polar surface area (TPSA) is 47.6 Å². The maximum absolute atomic E-state index is 14.1. The number of anilines is 1. The van der Waals surface area contributed by atoms with E-state index in [9.17, 15) is 75.0 Å². The number of halogens is 18. The van der Waals surface area contributed by atoms with E-state index in [4.69, 9.17) is 11.6 Å². The summed E-state index contributed by atoms with van der Waals surface area (Å²) in [5.41, 5.74) is -1.17. The highest BCUT2D eigenvalue weighted by molar-refractivity contribution is 6.32. The van der Waals surface area contributed by atoms with Crippen LogP contribution in [0.1, 0.15) is 0 Å². The van der Waals surface area contributed by atoms with Gasteiger partial charge in [0.2, 0.25) is 0 Å². The molecule has 4 nitrogen and oxygen atoms in total. The van der Waals surface area contributed by atoms with E-state index in [1.165, 1.54) is 0 Å². The summed E-state index contributed by atoms with van der Waals surface area (Å²) in [5.74, 6) is -62.5. The van der Waals surface area contributed by atoms with Gasteiger partial charge in [-0.3, -0.25) is 4.79 Å². The fourth-order valence-corrected chi connectivity index (χ4v) is 2.81. The molecule has 1 rings (SSSR count). The summed E-state index contributed by atoms with van der Waals surface area (Å²) in [5, 5.41) is -6.53. The number of hydrogen-bond donors (Lipinski definition) is 1. The first-order valence-electron chi connectivity index (χ1n) is 8.99. The van der Waals surface area contributed by atoms with Crippen molar-refractivity contribution in [2.45, 2.75) is 46.8 Å². The smallest absolute Gasteiger partial charge is 0.393 e. The standard InChI is InChI=1S/C17H9Cl2F16NO3/c1-38-7-4-6(8(39-2)3-5(7)18)36-9(37)10(20,21)11(22,23)12(24,25)13(26,27)14(28,29)15(30,31)16(32,33)17(19,34)35/h3-4H,1-2H3,(H,36,37). The van der Waals surface area contributed by atoms with E-state index >= 15 is 0 Å². The Balaban J connectivity index is 3.65. The number of alkyl halides is 17. The molecule has 1 aromatic rings. The number of hydrogen-bond acceptors (Lipinski definition) is 3. The third kappa shape index (κ3) is 4.94. The molecule has 1 aromatic carbocycles. The zero-order valence-corrected chi connectivity index (χ0v) is 19.7. The lowest BCUT2D eigenvalue weighted by atomic mass is 9.89. The highest BCUT2D eigenvalue weighted by Crippen LogP contribution is 2.64. The number of carbonyl (C=O) groups is 1. The molecule has 0 aliphatic heterocycles. The highest BCUT2D eigenvalue weighted by Gasteiger charge is 2.95.